The van der Waals surface area contributed by atoms with E-state index in [9.17, 15) is 19.2 Å². The number of thiophene rings is 1. The molecule has 10 heteroatoms. The van der Waals surface area contributed by atoms with Crippen molar-refractivity contribution in [2.24, 2.45) is 0 Å². The zero-order valence-corrected chi connectivity index (χ0v) is 21.1. The zero-order valence-electron chi connectivity index (χ0n) is 19.5. The van der Waals surface area contributed by atoms with Crippen LogP contribution in [0.2, 0.25) is 0 Å². The van der Waals surface area contributed by atoms with Crippen molar-refractivity contribution < 1.29 is 23.9 Å². The van der Waals surface area contributed by atoms with Gasteiger partial charge in [-0.2, -0.15) is 0 Å². The van der Waals surface area contributed by atoms with Gasteiger partial charge in [-0.25, -0.2) is 9.78 Å². The van der Waals surface area contributed by atoms with Crippen LogP contribution >= 0.6 is 22.7 Å². The maximum absolute atomic E-state index is 13.3. The molecule has 2 aromatic carbocycles. The number of nitrogens with one attached hydrogen (secondary N) is 1. The lowest BCUT2D eigenvalue weighted by Crippen LogP contribution is -2.28. The van der Waals surface area contributed by atoms with E-state index < -0.39 is 11.9 Å². The quantitative estimate of drug-likeness (QED) is 0.270. The Balaban J connectivity index is 1.53. The van der Waals surface area contributed by atoms with Gasteiger partial charge in [0.2, 0.25) is 11.8 Å². The summed E-state index contributed by atoms with van der Waals surface area (Å²) in [6, 6.07) is 14.1. The number of hydrogen-bond acceptors (Lipinski definition) is 8. The van der Waals surface area contributed by atoms with Crippen molar-refractivity contribution in [1.82, 2.24) is 4.98 Å². The van der Waals surface area contributed by atoms with Crippen LogP contribution in [-0.4, -0.2) is 35.3 Å². The maximum atomic E-state index is 13.3. The molecular formula is C26H21N3O5S2. The first-order valence-electron chi connectivity index (χ1n) is 11.3. The van der Waals surface area contributed by atoms with Crippen molar-refractivity contribution >= 4 is 67.3 Å². The van der Waals surface area contributed by atoms with Gasteiger partial charge in [-0.3, -0.25) is 19.3 Å². The standard InChI is InChI=1S/C26H21N3O5S2/c1-3-34-26(33)22-14(2)21(24-27-17-9-4-5-10-18(17)35-24)25(36-22)28-23(32)15-7-6-8-16(13-15)29-19(30)11-12-20(29)31/h4-10,13H,3,11-12H2,1-2H3,(H,28,32). The number of rotatable bonds is 6. The lowest BCUT2D eigenvalue weighted by atomic mass is 10.1. The number of fused-ring (bicyclic) bond motifs is 1. The molecule has 1 fully saturated rings. The van der Waals surface area contributed by atoms with E-state index >= 15 is 0 Å². The fraction of sp³-hybridized carbons (Fsp3) is 0.192. The van der Waals surface area contributed by atoms with Gasteiger partial charge in [-0.15, -0.1) is 22.7 Å². The highest BCUT2D eigenvalue weighted by Gasteiger charge is 2.31. The van der Waals surface area contributed by atoms with Crippen molar-refractivity contribution in [3.05, 3.63) is 64.5 Å². The Bertz CT molecular complexity index is 1490. The van der Waals surface area contributed by atoms with Crippen molar-refractivity contribution in [2.75, 3.05) is 16.8 Å². The second-order valence-corrected chi connectivity index (χ2v) is 10.1. The number of benzene rings is 2. The van der Waals surface area contributed by atoms with E-state index in [2.05, 4.69) is 5.32 Å². The molecule has 36 heavy (non-hydrogen) atoms. The number of ether oxygens (including phenoxy) is 1. The normalized spacial score (nSPS) is 13.4. The number of carbonyl (C=O) groups excluding carboxylic acids is 4. The minimum absolute atomic E-state index is 0.159. The third kappa shape index (κ3) is 4.29. The van der Waals surface area contributed by atoms with Crippen LogP contribution in [0.3, 0.4) is 0 Å². The van der Waals surface area contributed by atoms with Crippen LogP contribution in [0.25, 0.3) is 20.8 Å². The van der Waals surface area contributed by atoms with Crippen LogP contribution < -0.4 is 10.2 Å². The first-order valence-corrected chi connectivity index (χ1v) is 12.9. The van der Waals surface area contributed by atoms with Crippen molar-refractivity contribution in [3.63, 3.8) is 0 Å². The topological polar surface area (TPSA) is 106 Å². The number of nitrogens with zero attached hydrogens (tertiary/aromatic N) is 2. The Labute approximate surface area is 214 Å². The van der Waals surface area contributed by atoms with Crippen molar-refractivity contribution in [2.45, 2.75) is 26.7 Å². The minimum Gasteiger partial charge on any atom is -0.462 e. The van der Waals surface area contributed by atoms with Crippen molar-refractivity contribution in [3.8, 4) is 10.6 Å². The molecule has 182 valence electrons. The highest BCUT2D eigenvalue weighted by atomic mass is 32.1. The highest BCUT2D eigenvalue weighted by Crippen LogP contribution is 2.44. The lowest BCUT2D eigenvalue weighted by Gasteiger charge is -2.14. The second kappa shape index (κ2) is 9.63. The summed E-state index contributed by atoms with van der Waals surface area (Å²) in [5.74, 6) is -1.47. The van der Waals surface area contributed by atoms with Gasteiger partial charge in [0.15, 0.2) is 0 Å². The number of amides is 3. The number of thiazole rings is 1. The smallest absolute Gasteiger partial charge is 0.348 e. The Morgan fingerprint density at radius 1 is 1.06 bits per heavy atom. The molecule has 5 rings (SSSR count). The van der Waals surface area contributed by atoms with Gasteiger partial charge in [0, 0.05) is 24.0 Å². The highest BCUT2D eigenvalue weighted by molar-refractivity contribution is 7.23. The molecule has 0 unspecified atom stereocenters. The van der Waals surface area contributed by atoms with Crippen LogP contribution in [0.1, 0.15) is 45.4 Å². The predicted molar refractivity (Wildman–Crippen MR) is 140 cm³/mol. The molecule has 8 nitrogen and oxygen atoms in total. The van der Waals surface area contributed by atoms with Gasteiger partial charge in [-0.05, 0) is 49.7 Å². The Morgan fingerprint density at radius 3 is 2.53 bits per heavy atom. The molecule has 0 aliphatic carbocycles. The largest absolute Gasteiger partial charge is 0.462 e. The van der Waals surface area contributed by atoms with Crippen molar-refractivity contribution in [1.29, 1.82) is 0 Å². The lowest BCUT2D eigenvalue weighted by molar-refractivity contribution is -0.121. The molecular weight excluding hydrogens is 498 g/mol. The Hall–Kier alpha value is -3.89. The fourth-order valence-electron chi connectivity index (χ4n) is 4.06. The Kier molecular flexibility index (Phi) is 6.38. The molecule has 1 N–H and O–H groups in total. The van der Waals surface area contributed by atoms with Gasteiger partial charge in [0.25, 0.3) is 5.91 Å². The molecule has 0 bridgehead atoms. The van der Waals surface area contributed by atoms with Gasteiger partial charge >= 0.3 is 5.97 Å². The van der Waals surface area contributed by atoms with Gasteiger partial charge in [-0.1, -0.05) is 18.2 Å². The third-order valence-electron chi connectivity index (χ3n) is 5.76. The van der Waals surface area contributed by atoms with E-state index in [4.69, 9.17) is 9.72 Å². The molecule has 1 aliphatic rings. The van der Waals surface area contributed by atoms with E-state index in [-0.39, 0.29) is 36.8 Å². The summed E-state index contributed by atoms with van der Waals surface area (Å²) < 4.78 is 6.21. The maximum Gasteiger partial charge on any atom is 0.348 e. The summed E-state index contributed by atoms with van der Waals surface area (Å²) in [6.07, 6.45) is 0.317. The molecule has 0 spiro atoms. The molecule has 0 radical (unpaired) electrons. The summed E-state index contributed by atoms with van der Waals surface area (Å²) in [7, 11) is 0. The van der Waals surface area contributed by atoms with E-state index in [1.807, 2.05) is 31.2 Å². The minimum atomic E-state index is -0.462. The van der Waals surface area contributed by atoms with E-state index in [0.29, 0.717) is 31.7 Å². The molecule has 3 heterocycles. The summed E-state index contributed by atoms with van der Waals surface area (Å²) in [6.45, 7) is 3.78. The van der Waals surface area contributed by atoms with Gasteiger partial charge in [0.1, 0.15) is 14.9 Å². The van der Waals surface area contributed by atoms with E-state index in [1.165, 1.54) is 17.4 Å². The first-order chi connectivity index (χ1) is 17.4. The second-order valence-electron chi connectivity index (χ2n) is 8.09. The monoisotopic (exact) mass is 519 g/mol. The molecule has 1 aliphatic heterocycles. The number of esters is 1. The number of aromatic nitrogens is 1. The number of carbonyl (C=O) groups is 4. The SMILES string of the molecule is CCOC(=O)c1sc(NC(=O)c2cccc(N3C(=O)CCC3=O)c2)c(-c2nc3ccccc3s2)c1C. The zero-order chi connectivity index (χ0) is 25.4. The molecule has 2 aromatic heterocycles. The van der Waals surface area contributed by atoms with Gasteiger partial charge in [0.05, 0.1) is 22.5 Å². The predicted octanol–water partition coefficient (Wildman–Crippen LogP) is 5.42. The average Bonchev–Trinajstić information content (AvgIpc) is 3.53. The molecule has 0 saturated carbocycles. The molecule has 3 amide bonds. The first kappa shape index (κ1) is 23.8. The summed E-state index contributed by atoms with van der Waals surface area (Å²) >= 11 is 2.60. The number of hydrogen-bond donors (Lipinski definition) is 1. The van der Waals surface area contributed by atoms with Crippen LogP contribution in [0.5, 0.6) is 0 Å². The molecule has 1 saturated heterocycles. The number of anilines is 2. The summed E-state index contributed by atoms with van der Waals surface area (Å²) in [4.78, 5) is 56.4. The summed E-state index contributed by atoms with van der Waals surface area (Å²) in [5, 5.41) is 4.07. The summed E-state index contributed by atoms with van der Waals surface area (Å²) in [5.41, 5.74) is 2.80. The van der Waals surface area contributed by atoms with E-state index in [0.717, 1.165) is 26.5 Å². The van der Waals surface area contributed by atoms with Crippen LogP contribution in [-0.2, 0) is 14.3 Å². The molecule has 4 aromatic rings. The van der Waals surface area contributed by atoms with Crippen LogP contribution in [0.4, 0.5) is 10.7 Å². The number of imide groups is 1. The van der Waals surface area contributed by atoms with Gasteiger partial charge < -0.3 is 10.1 Å². The fourth-order valence-corrected chi connectivity index (χ4v) is 6.29. The van der Waals surface area contributed by atoms with E-state index in [1.54, 1.807) is 25.1 Å². The third-order valence-corrected chi connectivity index (χ3v) is 8.00. The average molecular weight is 520 g/mol. The van der Waals surface area contributed by atoms with Crippen LogP contribution in [0.15, 0.2) is 48.5 Å². The number of para-hydroxylation sites is 1. The molecule has 0 atom stereocenters. The Morgan fingerprint density at radius 2 is 1.81 bits per heavy atom. The van der Waals surface area contributed by atoms with Crippen LogP contribution in [0, 0.1) is 6.92 Å².